The first-order valence-electron chi connectivity index (χ1n) is 7.37. The Balaban J connectivity index is 1.85. The second-order valence-electron chi connectivity index (χ2n) is 5.12. The highest BCUT2D eigenvalue weighted by Gasteiger charge is 2.14. The minimum Gasteiger partial charge on any atom is -0.481 e. The Morgan fingerprint density at radius 2 is 1.71 bits per heavy atom. The van der Waals surface area contributed by atoms with Crippen LogP contribution in [0.4, 0.5) is 0 Å². The third kappa shape index (κ3) is 5.09. The predicted molar refractivity (Wildman–Crippen MR) is 93.9 cm³/mol. The molecule has 0 radical (unpaired) electrons. The Bertz CT molecular complexity index is 698. The van der Waals surface area contributed by atoms with E-state index >= 15 is 0 Å². The maximum absolute atomic E-state index is 12.1. The molecule has 0 aliphatic rings. The van der Waals surface area contributed by atoms with Crippen LogP contribution < -0.4 is 10.1 Å². The Morgan fingerprint density at radius 3 is 2.29 bits per heavy atom. The van der Waals surface area contributed by atoms with E-state index in [0.717, 1.165) is 10.0 Å². The van der Waals surface area contributed by atoms with Crippen LogP contribution >= 0.6 is 15.9 Å². The standard InChI is InChI=1S/C18H18BrNO4/c1-12(24-16-9-7-15(19)8-10-16)17(21)20-11-13-3-5-14(6-4-13)18(22)23-2/h3-10,12H,11H2,1-2H3,(H,20,21). The molecule has 2 aromatic carbocycles. The van der Waals surface area contributed by atoms with Crippen LogP contribution in [0.1, 0.15) is 22.8 Å². The summed E-state index contributed by atoms with van der Waals surface area (Å²) in [6, 6.07) is 14.1. The van der Waals surface area contributed by atoms with Crippen LogP contribution in [-0.2, 0) is 16.1 Å². The van der Waals surface area contributed by atoms with Gasteiger partial charge >= 0.3 is 5.97 Å². The van der Waals surface area contributed by atoms with E-state index in [1.54, 1.807) is 43.3 Å². The summed E-state index contributed by atoms with van der Waals surface area (Å²) in [5, 5.41) is 2.80. The van der Waals surface area contributed by atoms with Crippen LogP contribution in [0.25, 0.3) is 0 Å². The van der Waals surface area contributed by atoms with Crippen molar-refractivity contribution >= 4 is 27.8 Å². The van der Waals surface area contributed by atoms with Gasteiger partial charge in [-0.25, -0.2) is 4.79 Å². The number of nitrogens with one attached hydrogen (secondary N) is 1. The maximum Gasteiger partial charge on any atom is 0.337 e. The zero-order valence-electron chi connectivity index (χ0n) is 13.4. The van der Waals surface area contributed by atoms with Gasteiger partial charge in [0.25, 0.3) is 5.91 Å². The second-order valence-corrected chi connectivity index (χ2v) is 6.04. The summed E-state index contributed by atoms with van der Waals surface area (Å²) in [6.45, 7) is 2.05. The van der Waals surface area contributed by atoms with Crippen molar-refractivity contribution in [3.63, 3.8) is 0 Å². The number of halogens is 1. The lowest BCUT2D eigenvalue weighted by Gasteiger charge is -2.15. The molecule has 126 valence electrons. The number of hydrogen-bond acceptors (Lipinski definition) is 4. The first-order chi connectivity index (χ1) is 11.5. The molecule has 1 unspecified atom stereocenters. The van der Waals surface area contributed by atoms with Crippen LogP contribution in [0.5, 0.6) is 5.75 Å². The monoisotopic (exact) mass is 391 g/mol. The van der Waals surface area contributed by atoms with Crippen LogP contribution in [0.2, 0.25) is 0 Å². The molecule has 0 aromatic heterocycles. The molecule has 1 N–H and O–H groups in total. The third-order valence-corrected chi connectivity index (χ3v) is 3.87. The summed E-state index contributed by atoms with van der Waals surface area (Å²) in [6.07, 6.45) is -0.611. The van der Waals surface area contributed by atoms with Crippen molar-refractivity contribution in [2.75, 3.05) is 7.11 Å². The minimum absolute atomic E-state index is 0.213. The number of methoxy groups -OCH3 is 1. The van der Waals surface area contributed by atoms with Gasteiger partial charge in [0.1, 0.15) is 5.75 Å². The molecule has 0 saturated heterocycles. The molecule has 5 nitrogen and oxygen atoms in total. The Hall–Kier alpha value is -2.34. The summed E-state index contributed by atoms with van der Waals surface area (Å²) in [4.78, 5) is 23.5. The highest BCUT2D eigenvalue weighted by Crippen LogP contribution is 2.17. The topological polar surface area (TPSA) is 64.6 Å². The number of esters is 1. The lowest BCUT2D eigenvalue weighted by molar-refractivity contribution is -0.127. The molecule has 1 amide bonds. The van der Waals surface area contributed by atoms with Gasteiger partial charge in [-0.2, -0.15) is 0 Å². The van der Waals surface area contributed by atoms with E-state index < -0.39 is 6.10 Å². The largest absolute Gasteiger partial charge is 0.481 e. The molecule has 6 heteroatoms. The molecule has 24 heavy (non-hydrogen) atoms. The lowest BCUT2D eigenvalue weighted by Crippen LogP contribution is -2.35. The molecule has 0 spiro atoms. The molecule has 0 aliphatic carbocycles. The smallest absolute Gasteiger partial charge is 0.337 e. The van der Waals surface area contributed by atoms with Crippen molar-refractivity contribution in [2.45, 2.75) is 19.6 Å². The molecule has 0 fully saturated rings. The zero-order valence-corrected chi connectivity index (χ0v) is 15.0. The maximum atomic E-state index is 12.1. The number of carbonyl (C=O) groups excluding carboxylic acids is 2. The number of carbonyl (C=O) groups is 2. The number of amides is 1. The van der Waals surface area contributed by atoms with Gasteiger partial charge in [-0.3, -0.25) is 4.79 Å². The van der Waals surface area contributed by atoms with Crippen molar-refractivity contribution in [2.24, 2.45) is 0 Å². The predicted octanol–water partition coefficient (Wildman–Crippen LogP) is 3.32. The summed E-state index contributed by atoms with van der Waals surface area (Å²) in [7, 11) is 1.34. The van der Waals surface area contributed by atoms with Crippen molar-refractivity contribution < 1.29 is 19.1 Å². The van der Waals surface area contributed by atoms with Gasteiger partial charge < -0.3 is 14.8 Å². The molecule has 2 aromatic rings. The highest BCUT2D eigenvalue weighted by molar-refractivity contribution is 9.10. The fraction of sp³-hybridized carbons (Fsp3) is 0.222. The van der Waals surface area contributed by atoms with Crippen LogP contribution in [-0.4, -0.2) is 25.1 Å². The van der Waals surface area contributed by atoms with E-state index in [9.17, 15) is 9.59 Å². The van der Waals surface area contributed by atoms with Gasteiger partial charge in [-0.1, -0.05) is 28.1 Å². The summed E-state index contributed by atoms with van der Waals surface area (Å²) in [5.41, 5.74) is 1.35. The minimum atomic E-state index is -0.611. The van der Waals surface area contributed by atoms with E-state index in [1.165, 1.54) is 7.11 Å². The fourth-order valence-electron chi connectivity index (χ4n) is 1.98. The first-order valence-corrected chi connectivity index (χ1v) is 8.16. The first kappa shape index (κ1) is 18.0. The Morgan fingerprint density at radius 1 is 1.08 bits per heavy atom. The molecular weight excluding hydrogens is 374 g/mol. The van der Waals surface area contributed by atoms with Crippen molar-refractivity contribution in [1.29, 1.82) is 0 Å². The summed E-state index contributed by atoms with van der Waals surface area (Å²) in [5.74, 6) is 0.0281. The number of benzene rings is 2. The average molecular weight is 392 g/mol. The summed E-state index contributed by atoms with van der Waals surface area (Å²) < 4.78 is 11.2. The SMILES string of the molecule is COC(=O)c1ccc(CNC(=O)C(C)Oc2ccc(Br)cc2)cc1. The van der Waals surface area contributed by atoms with E-state index in [4.69, 9.17) is 4.74 Å². The molecule has 0 saturated carbocycles. The van der Waals surface area contributed by atoms with E-state index in [2.05, 4.69) is 26.0 Å². The quantitative estimate of drug-likeness (QED) is 0.767. The number of ether oxygens (including phenoxy) is 2. The van der Waals surface area contributed by atoms with Crippen LogP contribution in [0.3, 0.4) is 0 Å². The van der Waals surface area contributed by atoms with E-state index in [-0.39, 0.29) is 11.9 Å². The van der Waals surface area contributed by atoms with Gasteiger partial charge in [0.05, 0.1) is 12.7 Å². The van der Waals surface area contributed by atoms with Gasteiger partial charge in [0.2, 0.25) is 0 Å². The molecule has 2 rings (SSSR count). The van der Waals surface area contributed by atoms with Gasteiger partial charge in [-0.15, -0.1) is 0 Å². The van der Waals surface area contributed by atoms with Crippen molar-refractivity contribution in [3.05, 3.63) is 64.1 Å². The zero-order chi connectivity index (χ0) is 17.5. The van der Waals surface area contributed by atoms with Crippen LogP contribution in [0.15, 0.2) is 53.0 Å². The van der Waals surface area contributed by atoms with Crippen molar-refractivity contribution in [1.82, 2.24) is 5.32 Å². The van der Waals surface area contributed by atoms with Gasteiger partial charge in [0, 0.05) is 11.0 Å². The molecule has 0 heterocycles. The van der Waals surface area contributed by atoms with Crippen LogP contribution in [0, 0.1) is 0 Å². The van der Waals surface area contributed by atoms with Gasteiger partial charge in [0.15, 0.2) is 6.10 Å². The summed E-state index contributed by atoms with van der Waals surface area (Å²) >= 11 is 3.35. The average Bonchev–Trinajstić information content (AvgIpc) is 2.61. The van der Waals surface area contributed by atoms with E-state index in [1.807, 2.05) is 12.1 Å². The third-order valence-electron chi connectivity index (χ3n) is 3.34. The van der Waals surface area contributed by atoms with E-state index in [0.29, 0.717) is 17.9 Å². The number of hydrogen-bond donors (Lipinski definition) is 1. The molecule has 1 atom stereocenters. The normalized spacial score (nSPS) is 11.5. The van der Waals surface area contributed by atoms with Gasteiger partial charge in [-0.05, 0) is 48.9 Å². The lowest BCUT2D eigenvalue weighted by atomic mass is 10.1. The number of rotatable bonds is 6. The van der Waals surface area contributed by atoms with Crippen molar-refractivity contribution in [3.8, 4) is 5.75 Å². The fourth-order valence-corrected chi connectivity index (χ4v) is 2.24. The second kappa shape index (κ2) is 8.49. The molecule has 0 bridgehead atoms. The highest BCUT2D eigenvalue weighted by atomic mass is 79.9. The molecule has 0 aliphatic heterocycles. The Kier molecular flexibility index (Phi) is 6.37. The Labute approximate surface area is 149 Å². The molecular formula is C18H18BrNO4.